The fourth-order valence-corrected chi connectivity index (χ4v) is 2.07. The highest BCUT2D eigenvalue weighted by molar-refractivity contribution is 7.84. The Morgan fingerprint density at radius 2 is 2.00 bits per heavy atom. The lowest BCUT2D eigenvalue weighted by Crippen LogP contribution is -2.05. The number of hydrogen-bond donors (Lipinski definition) is 0. The number of rotatable bonds is 3. The third-order valence-corrected chi connectivity index (χ3v) is 3.14. The smallest absolute Gasteiger partial charge is 0.221 e. The summed E-state index contributed by atoms with van der Waals surface area (Å²) in [6, 6.07) is 8.22. The molecule has 0 bridgehead atoms. The highest BCUT2D eigenvalue weighted by Crippen LogP contribution is 2.08. The first kappa shape index (κ1) is 11.0. The van der Waals surface area contributed by atoms with E-state index < -0.39 is 10.8 Å². The molecule has 5 heteroatoms. The molecule has 0 saturated heterocycles. The molecule has 84 valence electrons. The van der Waals surface area contributed by atoms with E-state index in [0.717, 1.165) is 5.56 Å². The van der Waals surface area contributed by atoms with Crippen molar-refractivity contribution in [2.24, 2.45) is 0 Å². The summed E-state index contributed by atoms with van der Waals surface area (Å²) < 4.78 is 13.2. The molecule has 0 aliphatic rings. The summed E-state index contributed by atoms with van der Waals surface area (Å²) in [5, 5.41) is 8.13. The van der Waals surface area contributed by atoms with E-state index in [1.165, 1.54) is 5.56 Å². The monoisotopic (exact) mass is 235 g/mol. The highest BCUT2D eigenvalue weighted by atomic mass is 32.2. The van der Waals surface area contributed by atoms with Crippen molar-refractivity contribution in [3.05, 3.63) is 41.7 Å². The van der Waals surface area contributed by atoms with E-state index in [2.05, 4.69) is 41.4 Å². The number of benzene rings is 1. The molecular formula is C11H13N3OS. The van der Waals surface area contributed by atoms with E-state index in [0.29, 0.717) is 11.7 Å². The minimum Gasteiger partial charge on any atom is -0.302 e. The lowest BCUT2D eigenvalue weighted by Gasteiger charge is -2.04. The van der Waals surface area contributed by atoms with Crippen LogP contribution in [0, 0.1) is 6.92 Å². The summed E-state index contributed by atoms with van der Waals surface area (Å²) in [5.41, 5.74) is 2.38. The van der Waals surface area contributed by atoms with Crippen LogP contribution in [0.1, 0.15) is 11.1 Å². The number of aryl methyl sites for hydroxylation is 1. The topological polar surface area (TPSA) is 47.8 Å². The quantitative estimate of drug-likeness (QED) is 0.807. The maximum absolute atomic E-state index is 11.4. The van der Waals surface area contributed by atoms with Crippen LogP contribution in [-0.2, 0) is 17.3 Å². The van der Waals surface area contributed by atoms with Gasteiger partial charge in [0.2, 0.25) is 5.16 Å². The fourth-order valence-electron chi connectivity index (χ4n) is 1.47. The highest BCUT2D eigenvalue weighted by Gasteiger charge is 2.07. The largest absolute Gasteiger partial charge is 0.302 e. The van der Waals surface area contributed by atoms with Crippen molar-refractivity contribution in [3.63, 3.8) is 0 Å². The summed E-state index contributed by atoms with van der Waals surface area (Å²) in [4.78, 5) is 0. The van der Waals surface area contributed by atoms with Crippen LogP contribution < -0.4 is 0 Å². The van der Waals surface area contributed by atoms with E-state index in [-0.39, 0.29) is 0 Å². The van der Waals surface area contributed by atoms with Crippen molar-refractivity contribution in [1.29, 1.82) is 0 Å². The van der Waals surface area contributed by atoms with Gasteiger partial charge in [0, 0.05) is 6.26 Å². The first-order valence-electron chi connectivity index (χ1n) is 4.93. The van der Waals surface area contributed by atoms with Crippen LogP contribution in [0.4, 0.5) is 0 Å². The third kappa shape index (κ3) is 2.36. The Labute approximate surface area is 96.8 Å². The molecular weight excluding hydrogens is 222 g/mol. The summed E-state index contributed by atoms with van der Waals surface area (Å²) >= 11 is 0. The Morgan fingerprint density at radius 3 is 2.62 bits per heavy atom. The number of aromatic nitrogens is 3. The zero-order valence-electron chi connectivity index (χ0n) is 9.25. The normalized spacial score (nSPS) is 12.6. The molecule has 0 radical (unpaired) electrons. The van der Waals surface area contributed by atoms with E-state index >= 15 is 0 Å². The molecule has 4 nitrogen and oxygen atoms in total. The van der Waals surface area contributed by atoms with Gasteiger partial charge in [-0.15, -0.1) is 10.2 Å². The van der Waals surface area contributed by atoms with Gasteiger partial charge in [-0.25, -0.2) is 0 Å². The maximum atomic E-state index is 11.4. The molecule has 1 unspecified atom stereocenters. The summed E-state index contributed by atoms with van der Waals surface area (Å²) in [7, 11) is -1.10. The Balaban J connectivity index is 2.23. The van der Waals surface area contributed by atoms with Gasteiger partial charge in [0.15, 0.2) is 0 Å². The van der Waals surface area contributed by atoms with Crippen LogP contribution in [-0.4, -0.2) is 25.2 Å². The average molecular weight is 235 g/mol. The van der Waals surface area contributed by atoms with Crippen LogP contribution in [0.15, 0.2) is 35.7 Å². The van der Waals surface area contributed by atoms with E-state index in [9.17, 15) is 4.21 Å². The molecule has 16 heavy (non-hydrogen) atoms. The molecule has 2 rings (SSSR count). The second kappa shape index (κ2) is 4.57. The molecule has 0 aliphatic heterocycles. The van der Waals surface area contributed by atoms with Crippen molar-refractivity contribution in [3.8, 4) is 0 Å². The Kier molecular flexibility index (Phi) is 3.14. The molecule has 1 aromatic carbocycles. The standard InChI is InChI=1S/C11H13N3OS/c1-9-3-5-10(6-4-9)7-14-8-12-13-11(14)16(2)15/h3-6,8H,7H2,1-2H3. The molecule has 2 aromatic rings. The maximum Gasteiger partial charge on any atom is 0.221 e. The van der Waals surface area contributed by atoms with Crippen molar-refractivity contribution in [2.75, 3.05) is 6.26 Å². The van der Waals surface area contributed by atoms with Gasteiger partial charge in [0.25, 0.3) is 0 Å². The second-order valence-corrected chi connectivity index (χ2v) is 4.95. The van der Waals surface area contributed by atoms with Crippen molar-refractivity contribution in [2.45, 2.75) is 18.6 Å². The molecule has 0 amide bonds. The number of hydrogen-bond acceptors (Lipinski definition) is 3. The molecule has 0 spiro atoms. The second-order valence-electron chi connectivity index (χ2n) is 3.68. The van der Waals surface area contributed by atoms with Crippen LogP contribution in [0.3, 0.4) is 0 Å². The Bertz CT molecular complexity index is 504. The molecule has 1 atom stereocenters. The molecule has 0 aliphatic carbocycles. The predicted molar refractivity (Wildman–Crippen MR) is 62.6 cm³/mol. The fraction of sp³-hybridized carbons (Fsp3) is 0.273. The summed E-state index contributed by atoms with van der Waals surface area (Å²) in [6.45, 7) is 2.71. The minimum absolute atomic E-state index is 0.514. The van der Waals surface area contributed by atoms with Gasteiger partial charge in [-0.05, 0) is 12.5 Å². The van der Waals surface area contributed by atoms with Crippen molar-refractivity contribution < 1.29 is 4.21 Å². The number of nitrogens with zero attached hydrogens (tertiary/aromatic N) is 3. The predicted octanol–water partition coefficient (Wildman–Crippen LogP) is 1.37. The lowest BCUT2D eigenvalue weighted by molar-refractivity contribution is 0.653. The molecule has 1 aromatic heterocycles. The van der Waals surface area contributed by atoms with Crippen molar-refractivity contribution in [1.82, 2.24) is 14.8 Å². The molecule has 0 fully saturated rings. The van der Waals surface area contributed by atoms with Gasteiger partial charge >= 0.3 is 0 Å². The van der Waals surface area contributed by atoms with E-state index in [4.69, 9.17) is 0 Å². The third-order valence-electron chi connectivity index (χ3n) is 2.31. The first-order valence-corrected chi connectivity index (χ1v) is 6.49. The van der Waals surface area contributed by atoms with Gasteiger partial charge in [-0.2, -0.15) is 0 Å². The van der Waals surface area contributed by atoms with E-state index in [1.807, 2.05) is 0 Å². The first-order chi connectivity index (χ1) is 7.66. The van der Waals surface area contributed by atoms with Gasteiger partial charge in [-0.3, -0.25) is 4.21 Å². The zero-order chi connectivity index (χ0) is 11.5. The van der Waals surface area contributed by atoms with Crippen LogP contribution in [0.25, 0.3) is 0 Å². The molecule has 0 N–H and O–H groups in total. The van der Waals surface area contributed by atoms with Gasteiger partial charge in [0.1, 0.15) is 6.33 Å². The van der Waals surface area contributed by atoms with Crippen LogP contribution >= 0.6 is 0 Å². The molecule has 0 saturated carbocycles. The Morgan fingerprint density at radius 1 is 1.31 bits per heavy atom. The summed E-state index contributed by atoms with van der Waals surface area (Å²) in [5.74, 6) is 0. The lowest BCUT2D eigenvalue weighted by atomic mass is 10.1. The SMILES string of the molecule is Cc1ccc(Cn2cnnc2S(C)=O)cc1. The van der Waals surface area contributed by atoms with Crippen LogP contribution in [0.2, 0.25) is 0 Å². The minimum atomic E-state index is -1.10. The zero-order valence-corrected chi connectivity index (χ0v) is 10.1. The Hall–Kier alpha value is -1.49. The van der Waals surface area contributed by atoms with E-state index in [1.54, 1.807) is 17.2 Å². The van der Waals surface area contributed by atoms with Gasteiger partial charge < -0.3 is 4.57 Å². The summed E-state index contributed by atoms with van der Waals surface area (Å²) in [6.07, 6.45) is 3.21. The van der Waals surface area contributed by atoms with Crippen molar-refractivity contribution >= 4 is 10.8 Å². The van der Waals surface area contributed by atoms with Gasteiger partial charge in [-0.1, -0.05) is 29.8 Å². The molecule has 1 heterocycles. The van der Waals surface area contributed by atoms with Crippen LogP contribution in [0.5, 0.6) is 0 Å². The van der Waals surface area contributed by atoms with Gasteiger partial charge in [0.05, 0.1) is 17.3 Å². The average Bonchev–Trinajstić information content (AvgIpc) is 2.69.